The Morgan fingerprint density at radius 1 is 1.15 bits per heavy atom. The fourth-order valence-electron chi connectivity index (χ4n) is 2.57. The van der Waals surface area contributed by atoms with Crippen LogP contribution < -0.4 is 5.32 Å². The van der Waals surface area contributed by atoms with Crippen molar-refractivity contribution in [1.82, 2.24) is 5.32 Å². The minimum absolute atomic E-state index is 0.570. The molecule has 0 spiro atoms. The topological polar surface area (TPSA) is 12.0 Å². The van der Waals surface area contributed by atoms with Crippen LogP contribution in [0.4, 0.5) is 0 Å². The first kappa shape index (κ1) is 9.51. The van der Waals surface area contributed by atoms with Gasteiger partial charge in [-0.1, -0.05) is 27.2 Å². The summed E-state index contributed by atoms with van der Waals surface area (Å²) in [5, 5.41) is 3.75. The molecule has 2 aliphatic rings. The molecule has 0 bridgehead atoms. The van der Waals surface area contributed by atoms with Crippen molar-refractivity contribution in [2.75, 3.05) is 6.54 Å². The highest BCUT2D eigenvalue weighted by molar-refractivity contribution is 4.96. The van der Waals surface area contributed by atoms with Gasteiger partial charge in [-0.25, -0.2) is 0 Å². The van der Waals surface area contributed by atoms with Crippen molar-refractivity contribution in [2.24, 2.45) is 10.8 Å². The molecular formula is C12H23N. The van der Waals surface area contributed by atoms with Crippen LogP contribution in [0.1, 0.15) is 52.9 Å². The molecular weight excluding hydrogens is 158 g/mol. The van der Waals surface area contributed by atoms with Gasteiger partial charge >= 0.3 is 0 Å². The Morgan fingerprint density at radius 3 is 2.15 bits per heavy atom. The number of hydrogen-bond acceptors (Lipinski definition) is 1. The van der Waals surface area contributed by atoms with Crippen molar-refractivity contribution in [3.8, 4) is 0 Å². The van der Waals surface area contributed by atoms with Gasteiger partial charge in [0.05, 0.1) is 0 Å². The van der Waals surface area contributed by atoms with Gasteiger partial charge in [-0.15, -0.1) is 0 Å². The molecule has 1 nitrogen and oxygen atoms in total. The first-order valence-corrected chi connectivity index (χ1v) is 5.75. The Hall–Kier alpha value is -0.0400. The highest BCUT2D eigenvalue weighted by Crippen LogP contribution is 2.43. The molecule has 1 unspecified atom stereocenters. The van der Waals surface area contributed by atoms with E-state index < -0.39 is 0 Å². The molecule has 1 heteroatoms. The summed E-state index contributed by atoms with van der Waals surface area (Å²) in [5.74, 6) is 0. The average Bonchev–Trinajstić information content (AvgIpc) is 2.00. The molecule has 2 aliphatic carbocycles. The molecule has 13 heavy (non-hydrogen) atoms. The van der Waals surface area contributed by atoms with Gasteiger partial charge in [0.2, 0.25) is 0 Å². The van der Waals surface area contributed by atoms with E-state index in [4.69, 9.17) is 0 Å². The van der Waals surface area contributed by atoms with Gasteiger partial charge in [0, 0.05) is 12.6 Å². The van der Waals surface area contributed by atoms with E-state index in [9.17, 15) is 0 Å². The Kier molecular flexibility index (Phi) is 2.18. The first-order chi connectivity index (χ1) is 6.02. The number of rotatable bonds is 3. The maximum Gasteiger partial charge on any atom is 0.0119 e. The molecule has 2 fully saturated rings. The second-order valence-electron chi connectivity index (χ2n) is 6.12. The van der Waals surface area contributed by atoms with Crippen LogP contribution in [0.3, 0.4) is 0 Å². The van der Waals surface area contributed by atoms with E-state index in [1.165, 1.54) is 38.6 Å². The van der Waals surface area contributed by atoms with Crippen LogP contribution in [0.2, 0.25) is 0 Å². The predicted octanol–water partition coefficient (Wildman–Crippen LogP) is 2.95. The Labute approximate surface area is 82.3 Å². The lowest BCUT2D eigenvalue weighted by Gasteiger charge is -2.48. The van der Waals surface area contributed by atoms with Crippen molar-refractivity contribution >= 4 is 0 Å². The third kappa shape index (κ3) is 1.76. The summed E-state index contributed by atoms with van der Waals surface area (Å²) in [4.78, 5) is 0. The molecule has 76 valence electrons. The first-order valence-electron chi connectivity index (χ1n) is 5.75. The van der Waals surface area contributed by atoms with Crippen LogP contribution in [-0.4, -0.2) is 12.6 Å². The van der Waals surface area contributed by atoms with Crippen molar-refractivity contribution in [2.45, 2.75) is 58.9 Å². The largest absolute Gasteiger partial charge is 0.313 e. The average molecular weight is 181 g/mol. The summed E-state index contributed by atoms with van der Waals surface area (Å²) in [6, 6.07) is 0.796. The lowest BCUT2D eigenvalue weighted by atomic mass is 9.66. The lowest BCUT2D eigenvalue weighted by Crippen LogP contribution is -2.53. The van der Waals surface area contributed by atoms with Gasteiger partial charge in [-0.05, 0) is 36.5 Å². The van der Waals surface area contributed by atoms with Gasteiger partial charge in [0.15, 0.2) is 0 Å². The smallest absolute Gasteiger partial charge is 0.0119 e. The predicted molar refractivity (Wildman–Crippen MR) is 56.8 cm³/mol. The number of nitrogens with one attached hydrogen (secondary N) is 1. The van der Waals surface area contributed by atoms with Gasteiger partial charge in [-0.3, -0.25) is 0 Å². The highest BCUT2D eigenvalue weighted by Gasteiger charge is 2.40. The fourth-order valence-corrected chi connectivity index (χ4v) is 2.57. The monoisotopic (exact) mass is 181 g/mol. The molecule has 0 radical (unpaired) electrons. The van der Waals surface area contributed by atoms with Gasteiger partial charge in [-0.2, -0.15) is 0 Å². The standard InChI is InChI=1S/C12H23N/c1-11(2)8-5-10(11)13-9-12(3)6-4-7-12/h10,13H,4-9H2,1-3H3. The molecule has 0 heterocycles. The Balaban J connectivity index is 1.74. The zero-order valence-corrected chi connectivity index (χ0v) is 9.32. The zero-order chi connectivity index (χ0) is 9.53. The molecule has 0 aromatic heterocycles. The summed E-state index contributed by atoms with van der Waals surface area (Å²) in [7, 11) is 0. The summed E-state index contributed by atoms with van der Waals surface area (Å²) < 4.78 is 0. The number of hydrogen-bond donors (Lipinski definition) is 1. The van der Waals surface area contributed by atoms with E-state index in [-0.39, 0.29) is 0 Å². The molecule has 2 rings (SSSR count). The second kappa shape index (κ2) is 2.98. The van der Waals surface area contributed by atoms with Crippen LogP contribution in [0.5, 0.6) is 0 Å². The van der Waals surface area contributed by atoms with Crippen LogP contribution in [0.25, 0.3) is 0 Å². The molecule has 0 aliphatic heterocycles. The van der Waals surface area contributed by atoms with Crippen LogP contribution >= 0.6 is 0 Å². The van der Waals surface area contributed by atoms with E-state index in [1.54, 1.807) is 0 Å². The summed E-state index contributed by atoms with van der Waals surface area (Å²) >= 11 is 0. The van der Waals surface area contributed by atoms with Gasteiger partial charge in [0.25, 0.3) is 0 Å². The third-order valence-corrected chi connectivity index (χ3v) is 4.36. The van der Waals surface area contributed by atoms with E-state index >= 15 is 0 Å². The van der Waals surface area contributed by atoms with E-state index in [0.717, 1.165) is 6.04 Å². The molecule has 0 aromatic carbocycles. The van der Waals surface area contributed by atoms with E-state index in [0.29, 0.717) is 10.8 Å². The molecule has 0 amide bonds. The maximum absolute atomic E-state index is 3.75. The van der Waals surface area contributed by atoms with Crippen LogP contribution in [0.15, 0.2) is 0 Å². The van der Waals surface area contributed by atoms with Crippen molar-refractivity contribution in [1.29, 1.82) is 0 Å². The van der Waals surface area contributed by atoms with Crippen LogP contribution in [0, 0.1) is 10.8 Å². The zero-order valence-electron chi connectivity index (χ0n) is 9.32. The normalized spacial score (nSPS) is 34.8. The van der Waals surface area contributed by atoms with E-state index in [2.05, 4.69) is 26.1 Å². The maximum atomic E-state index is 3.75. The minimum atomic E-state index is 0.570. The van der Waals surface area contributed by atoms with Crippen molar-refractivity contribution < 1.29 is 0 Å². The van der Waals surface area contributed by atoms with E-state index in [1.807, 2.05) is 0 Å². The van der Waals surface area contributed by atoms with Gasteiger partial charge < -0.3 is 5.32 Å². The fraction of sp³-hybridized carbons (Fsp3) is 1.00. The lowest BCUT2D eigenvalue weighted by molar-refractivity contribution is 0.0753. The quantitative estimate of drug-likeness (QED) is 0.706. The Bertz CT molecular complexity index is 191. The summed E-state index contributed by atoms with van der Waals surface area (Å²) in [6.45, 7) is 8.45. The SMILES string of the molecule is CC1(CNC2CCC2(C)C)CCC1. The Morgan fingerprint density at radius 2 is 1.85 bits per heavy atom. The minimum Gasteiger partial charge on any atom is -0.313 e. The van der Waals surface area contributed by atoms with Crippen molar-refractivity contribution in [3.05, 3.63) is 0 Å². The van der Waals surface area contributed by atoms with Gasteiger partial charge in [0.1, 0.15) is 0 Å². The molecule has 1 atom stereocenters. The summed E-state index contributed by atoms with van der Waals surface area (Å²) in [6.07, 6.45) is 7.12. The van der Waals surface area contributed by atoms with Crippen molar-refractivity contribution in [3.63, 3.8) is 0 Å². The van der Waals surface area contributed by atoms with Crippen LogP contribution in [-0.2, 0) is 0 Å². The third-order valence-electron chi connectivity index (χ3n) is 4.36. The second-order valence-corrected chi connectivity index (χ2v) is 6.12. The molecule has 0 saturated heterocycles. The molecule has 1 N–H and O–H groups in total. The molecule has 0 aromatic rings. The molecule has 2 saturated carbocycles. The summed E-state index contributed by atoms with van der Waals surface area (Å²) in [5.41, 5.74) is 1.21. The highest BCUT2D eigenvalue weighted by atomic mass is 15.0.